The van der Waals surface area contributed by atoms with Crippen molar-refractivity contribution >= 4 is 23.2 Å². The van der Waals surface area contributed by atoms with E-state index < -0.39 is 0 Å². The van der Waals surface area contributed by atoms with Crippen LogP contribution < -0.4 is 5.32 Å². The highest BCUT2D eigenvalue weighted by Gasteiger charge is 2.26. The molecule has 2 rings (SSSR count). The third kappa shape index (κ3) is 4.15. The number of nitrogens with one attached hydrogen (secondary N) is 1. The molecule has 0 aromatic heterocycles. The topological polar surface area (TPSA) is 12.0 Å². The Kier molecular flexibility index (Phi) is 5.35. The highest BCUT2D eigenvalue weighted by Crippen LogP contribution is 2.35. The van der Waals surface area contributed by atoms with E-state index in [4.69, 9.17) is 23.2 Å². The van der Waals surface area contributed by atoms with Crippen LogP contribution in [0, 0.1) is 5.92 Å². The maximum Gasteiger partial charge on any atom is 0.0453 e. The average Bonchev–Trinajstić information content (AvgIpc) is 3.14. The van der Waals surface area contributed by atoms with Crippen molar-refractivity contribution in [3.05, 3.63) is 33.8 Å². The van der Waals surface area contributed by atoms with Gasteiger partial charge in [-0.2, -0.15) is 0 Å². The zero-order valence-corrected chi connectivity index (χ0v) is 12.4. The Morgan fingerprint density at radius 3 is 2.50 bits per heavy atom. The van der Waals surface area contributed by atoms with Crippen molar-refractivity contribution in [2.45, 2.75) is 45.1 Å². The van der Waals surface area contributed by atoms with Crippen LogP contribution in [0.3, 0.4) is 0 Å². The normalized spacial score (nSPS) is 16.8. The Bertz CT molecular complexity index is 368. The van der Waals surface area contributed by atoms with Gasteiger partial charge in [-0.3, -0.25) is 0 Å². The van der Waals surface area contributed by atoms with Crippen molar-refractivity contribution in [3.8, 4) is 0 Å². The van der Waals surface area contributed by atoms with Crippen LogP contribution in [0.15, 0.2) is 18.2 Å². The van der Waals surface area contributed by atoms with Crippen LogP contribution in [0.1, 0.15) is 38.2 Å². The summed E-state index contributed by atoms with van der Waals surface area (Å²) in [5.74, 6) is 0.917. The van der Waals surface area contributed by atoms with Crippen molar-refractivity contribution in [2.24, 2.45) is 5.92 Å². The van der Waals surface area contributed by atoms with Crippen LogP contribution in [0.2, 0.25) is 10.0 Å². The lowest BCUT2D eigenvalue weighted by atomic mass is 10.0. The Hall–Kier alpha value is -0.240. The summed E-state index contributed by atoms with van der Waals surface area (Å²) in [6.45, 7) is 3.27. The van der Waals surface area contributed by atoms with Gasteiger partial charge < -0.3 is 5.32 Å². The maximum absolute atomic E-state index is 6.25. The van der Waals surface area contributed by atoms with Crippen LogP contribution in [0.5, 0.6) is 0 Å². The number of rotatable bonds is 7. The van der Waals surface area contributed by atoms with E-state index >= 15 is 0 Å². The molecule has 1 atom stereocenters. The molecule has 0 heterocycles. The molecule has 0 radical (unpaired) electrons. The molecular formula is C15H21Cl2N. The lowest BCUT2D eigenvalue weighted by Gasteiger charge is -2.19. The van der Waals surface area contributed by atoms with Gasteiger partial charge in [0.05, 0.1) is 0 Å². The summed E-state index contributed by atoms with van der Waals surface area (Å²) >= 11 is 12.5. The second-order valence-corrected chi connectivity index (χ2v) is 6.05. The number of hydrogen-bond acceptors (Lipinski definition) is 1. The van der Waals surface area contributed by atoms with Gasteiger partial charge in [-0.25, -0.2) is 0 Å². The van der Waals surface area contributed by atoms with Crippen LogP contribution >= 0.6 is 23.2 Å². The molecule has 0 aliphatic heterocycles. The number of benzene rings is 1. The molecule has 1 N–H and O–H groups in total. The SMILES string of the molecule is CCCNC(Cc1c(Cl)cccc1Cl)CC1CC1. The van der Waals surface area contributed by atoms with Crippen molar-refractivity contribution in [2.75, 3.05) is 6.54 Å². The second-order valence-electron chi connectivity index (χ2n) is 5.23. The lowest BCUT2D eigenvalue weighted by molar-refractivity contribution is 0.455. The van der Waals surface area contributed by atoms with E-state index in [1.807, 2.05) is 18.2 Å². The molecule has 100 valence electrons. The summed E-state index contributed by atoms with van der Waals surface area (Å²) in [6, 6.07) is 6.27. The van der Waals surface area contributed by atoms with Crippen molar-refractivity contribution in [1.29, 1.82) is 0 Å². The smallest absolute Gasteiger partial charge is 0.0453 e. The largest absolute Gasteiger partial charge is 0.314 e. The predicted octanol–water partition coefficient (Wildman–Crippen LogP) is 4.70. The monoisotopic (exact) mass is 285 g/mol. The molecule has 3 heteroatoms. The Balaban J connectivity index is 2.01. The molecule has 18 heavy (non-hydrogen) atoms. The second kappa shape index (κ2) is 6.79. The summed E-state index contributed by atoms with van der Waals surface area (Å²) in [5, 5.41) is 5.21. The highest BCUT2D eigenvalue weighted by atomic mass is 35.5. The first kappa shape index (κ1) is 14.2. The molecule has 1 unspecified atom stereocenters. The molecule has 0 bridgehead atoms. The molecule has 1 aromatic carbocycles. The quantitative estimate of drug-likeness (QED) is 0.765. The van der Waals surface area contributed by atoms with Crippen molar-refractivity contribution < 1.29 is 0 Å². The van der Waals surface area contributed by atoms with E-state index in [9.17, 15) is 0 Å². The summed E-state index contributed by atoms with van der Waals surface area (Å²) < 4.78 is 0. The molecule has 1 fully saturated rings. The zero-order valence-electron chi connectivity index (χ0n) is 10.9. The van der Waals surface area contributed by atoms with E-state index in [-0.39, 0.29) is 0 Å². The van der Waals surface area contributed by atoms with Gasteiger partial charge in [-0.1, -0.05) is 49.0 Å². The third-order valence-electron chi connectivity index (χ3n) is 3.51. The minimum atomic E-state index is 0.509. The summed E-state index contributed by atoms with van der Waals surface area (Å²) in [5.41, 5.74) is 1.09. The average molecular weight is 286 g/mol. The number of halogens is 2. The fourth-order valence-corrected chi connectivity index (χ4v) is 2.87. The van der Waals surface area contributed by atoms with E-state index in [1.54, 1.807) is 0 Å². The van der Waals surface area contributed by atoms with E-state index in [1.165, 1.54) is 19.3 Å². The molecular weight excluding hydrogens is 265 g/mol. The Labute approximate surface area is 120 Å². The summed E-state index contributed by atoms with van der Waals surface area (Å²) in [4.78, 5) is 0. The van der Waals surface area contributed by atoms with E-state index in [0.29, 0.717) is 6.04 Å². The van der Waals surface area contributed by atoms with E-state index in [0.717, 1.165) is 40.9 Å². The highest BCUT2D eigenvalue weighted by molar-refractivity contribution is 6.35. The molecule has 1 aliphatic carbocycles. The first-order valence-corrected chi connectivity index (χ1v) is 7.62. The van der Waals surface area contributed by atoms with Crippen LogP contribution in [0.25, 0.3) is 0 Å². The standard InChI is InChI=1S/C15H21Cl2N/c1-2-8-18-12(9-11-6-7-11)10-13-14(16)4-3-5-15(13)17/h3-5,11-12,18H,2,6-10H2,1H3. The number of hydrogen-bond donors (Lipinski definition) is 1. The molecule has 1 saturated carbocycles. The van der Waals surface area contributed by atoms with Gasteiger partial charge in [0.1, 0.15) is 0 Å². The van der Waals surface area contributed by atoms with Crippen LogP contribution in [-0.2, 0) is 6.42 Å². The predicted molar refractivity (Wildman–Crippen MR) is 79.6 cm³/mol. The first-order valence-electron chi connectivity index (χ1n) is 6.87. The maximum atomic E-state index is 6.25. The van der Waals surface area contributed by atoms with Gasteiger partial charge >= 0.3 is 0 Å². The van der Waals surface area contributed by atoms with Crippen molar-refractivity contribution in [3.63, 3.8) is 0 Å². The van der Waals surface area contributed by atoms with Gasteiger partial charge in [0.2, 0.25) is 0 Å². The third-order valence-corrected chi connectivity index (χ3v) is 4.22. The first-order chi connectivity index (χ1) is 8.70. The van der Waals surface area contributed by atoms with Gasteiger partial charge in [-0.15, -0.1) is 0 Å². The molecule has 1 aromatic rings. The minimum absolute atomic E-state index is 0.509. The molecule has 1 nitrogen and oxygen atoms in total. The van der Waals surface area contributed by atoms with Crippen molar-refractivity contribution in [1.82, 2.24) is 5.32 Å². The van der Waals surface area contributed by atoms with Gasteiger partial charge in [-0.05, 0) is 49.4 Å². The van der Waals surface area contributed by atoms with Gasteiger partial charge in [0.25, 0.3) is 0 Å². The Morgan fingerprint density at radius 2 is 1.94 bits per heavy atom. The van der Waals surface area contributed by atoms with Crippen LogP contribution in [0.4, 0.5) is 0 Å². The van der Waals surface area contributed by atoms with Gasteiger partial charge in [0.15, 0.2) is 0 Å². The molecule has 1 aliphatic rings. The molecule has 0 spiro atoms. The fourth-order valence-electron chi connectivity index (χ4n) is 2.32. The van der Waals surface area contributed by atoms with E-state index in [2.05, 4.69) is 12.2 Å². The summed E-state index contributed by atoms with van der Waals surface area (Å²) in [7, 11) is 0. The Morgan fingerprint density at radius 1 is 1.28 bits per heavy atom. The lowest BCUT2D eigenvalue weighted by Crippen LogP contribution is -2.32. The fraction of sp³-hybridized carbons (Fsp3) is 0.600. The molecule has 0 amide bonds. The zero-order chi connectivity index (χ0) is 13.0. The summed E-state index contributed by atoms with van der Waals surface area (Å²) in [6.07, 6.45) is 6.13. The minimum Gasteiger partial charge on any atom is -0.314 e. The van der Waals surface area contributed by atoms with Crippen LogP contribution in [-0.4, -0.2) is 12.6 Å². The molecule has 0 saturated heterocycles. The van der Waals surface area contributed by atoms with Gasteiger partial charge in [0, 0.05) is 16.1 Å².